The Morgan fingerprint density at radius 2 is 1.88 bits per heavy atom. The van der Waals surface area contributed by atoms with Crippen molar-refractivity contribution in [2.24, 2.45) is 0 Å². The second-order valence-electron chi connectivity index (χ2n) is 6.18. The maximum atomic E-state index is 8.70. The molecule has 0 bridgehead atoms. The molecule has 1 aliphatic heterocycles. The predicted octanol–water partition coefficient (Wildman–Crippen LogP) is 2.90. The standard InChI is InChI=1S/C19H28BrN3O3/c1-3-25-11-12-26-19-17(20)13-16(14-18(19)24-2)15-23-9-7-22(8-10-23)6-4-5-21/h13-14H,3-4,6-12,15H2,1-2H3. The normalized spacial score (nSPS) is 15.6. The molecule has 0 saturated carbocycles. The summed E-state index contributed by atoms with van der Waals surface area (Å²) in [5.74, 6) is 1.45. The van der Waals surface area contributed by atoms with Crippen LogP contribution in [0.4, 0.5) is 0 Å². The Balaban J connectivity index is 1.92. The number of nitriles is 1. The minimum absolute atomic E-state index is 0.493. The molecule has 26 heavy (non-hydrogen) atoms. The van der Waals surface area contributed by atoms with Gasteiger partial charge in [-0.25, -0.2) is 0 Å². The molecule has 0 N–H and O–H groups in total. The number of nitrogens with zero attached hydrogens (tertiary/aromatic N) is 3. The maximum absolute atomic E-state index is 8.70. The van der Waals surface area contributed by atoms with Gasteiger partial charge in [-0.1, -0.05) is 0 Å². The van der Waals surface area contributed by atoms with E-state index in [1.54, 1.807) is 7.11 Å². The van der Waals surface area contributed by atoms with Crippen LogP contribution in [0.15, 0.2) is 16.6 Å². The lowest BCUT2D eigenvalue weighted by atomic mass is 10.1. The van der Waals surface area contributed by atoms with Crippen LogP contribution < -0.4 is 9.47 Å². The zero-order chi connectivity index (χ0) is 18.8. The second kappa shape index (κ2) is 11.4. The summed E-state index contributed by atoms with van der Waals surface area (Å²) >= 11 is 3.61. The van der Waals surface area contributed by atoms with Crippen molar-refractivity contribution in [3.05, 3.63) is 22.2 Å². The molecule has 1 saturated heterocycles. The average molecular weight is 426 g/mol. The molecule has 0 radical (unpaired) electrons. The molecule has 0 spiro atoms. The third-order valence-electron chi connectivity index (χ3n) is 4.38. The van der Waals surface area contributed by atoms with Crippen molar-refractivity contribution in [2.75, 3.05) is 59.7 Å². The summed E-state index contributed by atoms with van der Waals surface area (Å²) in [6.07, 6.45) is 0.606. The molecule has 0 aliphatic carbocycles. The van der Waals surface area contributed by atoms with Crippen LogP contribution in [-0.4, -0.2) is 69.5 Å². The van der Waals surface area contributed by atoms with Crippen molar-refractivity contribution in [2.45, 2.75) is 19.9 Å². The van der Waals surface area contributed by atoms with Gasteiger partial charge in [-0.3, -0.25) is 9.80 Å². The smallest absolute Gasteiger partial charge is 0.175 e. The summed E-state index contributed by atoms with van der Waals surface area (Å²) in [5, 5.41) is 8.70. The largest absolute Gasteiger partial charge is 0.493 e. The molecular weight excluding hydrogens is 398 g/mol. The highest BCUT2D eigenvalue weighted by molar-refractivity contribution is 9.10. The van der Waals surface area contributed by atoms with Gasteiger partial charge in [-0.15, -0.1) is 0 Å². The van der Waals surface area contributed by atoms with E-state index in [0.29, 0.717) is 26.2 Å². The fourth-order valence-corrected chi connectivity index (χ4v) is 3.59. The van der Waals surface area contributed by atoms with Gasteiger partial charge in [0, 0.05) is 52.3 Å². The number of benzene rings is 1. The van der Waals surface area contributed by atoms with Gasteiger partial charge in [-0.05, 0) is 40.5 Å². The Bertz CT molecular complexity index is 598. The number of hydrogen-bond acceptors (Lipinski definition) is 6. The number of rotatable bonds is 10. The van der Waals surface area contributed by atoms with Crippen molar-refractivity contribution in [3.8, 4) is 17.6 Å². The maximum Gasteiger partial charge on any atom is 0.175 e. The Labute approximate surface area is 164 Å². The first-order chi connectivity index (χ1) is 12.7. The fraction of sp³-hybridized carbons (Fsp3) is 0.632. The van der Waals surface area contributed by atoms with Crippen LogP contribution in [-0.2, 0) is 11.3 Å². The van der Waals surface area contributed by atoms with E-state index in [2.05, 4.69) is 37.9 Å². The van der Waals surface area contributed by atoms with Crippen LogP contribution in [0.5, 0.6) is 11.5 Å². The number of ether oxygens (including phenoxy) is 3. The minimum atomic E-state index is 0.493. The Hall–Kier alpha value is -1.33. The average Bonchev–Trinajstić information content (AvgIpc) is 2.65. The van der Waals surface area contributed by atoms with Gasteiger partial charge in [0.05, 0.1) is 24.3 Å². The van der Waals surface area contributed by atoms with Gasteiger partial charge in [0.25, 0.3) is 0 Å². The van der Waals surface area contributed by atoms with Crippen molar-refractivity contribution in [3.63, 3.8) is 0 Å². The zero-order valence-corrected chi connectivity index (χ0v) is 17.3. The number of halogens is 1. The van der Waals surface area contributed by atoms with E-state index in [4.69, 9.17) is 19.5 Å². The Morgan fingerprint density at radius 1 is 1.15 bits per heavy atom. The minimum Gasteiger partial charge on any atom is -0.493 e. The van der Waals surface area contributed by atoms with E-state index in [1.165, 1.54) is 5.56 Å². The number of methoxy groups -OCH3 is 1. The molecule has 7 heteroatoms. The topological polar surface area (TPSA) is 58.0 Å². The SMILES string of the molecule is CCOCCOc1c(Br)cc(CN2CCN(CCC#N)CC2)cc1OC. The van der Waals surface area contributed by atoms with Gasteiger partial charge in [0.15, 0.2) is 11.5 Å². The van der Waals surface area contributed by atoms with Gasteiger partial charge >= 0.3 is 0 Å². The Morgan fingerprint density at radius 3 is 2.54 bits per heavy atom. The molecule has 1 heterocycles. The van der Waals surface area contributed by atoms with Crippen LogP contribution in [0.1, 0.15) is 18.9 Å². The lowest BCUT2D eigenvalue weighted by Crippen LogP contribution is -2.46. The van der Waals surface area contributed by atoms with Crippen molar-refractivity contribution < 1.29 is 14.2 Å². The first-order valence-electron chi connectivity index (χ1n) is 9.06. The van der Waals surface area contributed by atoms with E-state index >= 15 is 0 Å². The van der Waals surface area contributed by atoms with Crippen molar-refractivity contribution in [1.82, 2.24) is 9.80 Å². The highest BCUT2D eigenvalue weighted by Gasteiger charge is 2.18. The molecule has 0 atom stereocenters. The fourth-order valence-electron chi connectivity index (χ4n) is 2.99. The molecule has 1 fully saturated rings. The van der Waals surface area contributed by atoms with Gasteiger partial charge in [-0.2, -0.15) is 5.26 Å². The summed E-state index contributed by atoms with van der Waals surface area (Å²) < 4.78 is 17.6. The van der Waals surface area contributed by atoms with Crippen molar-refractivity contribution >= 4 is 15.9 Å². The highest BCUT2D eigenvalue weighted by atomic mass is 79.9. The molecule has 0 unspecified atom stereocenters. The van der Waals surface area contributed by atoms with Crippen LogP contribution >= 0.6 is 15.9 Å². The van der Waals surface area contributed by atoms with E-state index in [1.807, 2.05) is 13.0 Å². The van der Waals surface area contributed by atoms with Crippen LogP contribution in [0, 0.1) is 11.3 Å². The molecule has 6 nitrogen and oxygen atoms in total. The molecule has 144 valence electrons. The summed E-state index contributed by atoms with van der Waals surface area (Å²) in [7, 11) is 1.66. The number of hydrogen-bond donors (Lipinski definition) is 0. The zero-order valence-electron chi connectivity index (χ0n) is 15.7. The van der Waals surface area contributed by atoms with E-state index < -0.39 is 0 Å². The van der Waals surface area contributed by atoms with E-state index in [-0.39, 0.29) is 0 Å². The van der Waals surface area contributed by atoms with Crippen LogP contribution in [0.2, 0.25) is 0 Å². The molecule has 0 amide bonds. The number of piperazine rings is 1. The van der Waals surface area contributed by atoms with Crippen molar-refractivity contribution in [1.29, 1.82) is 5.26 Å². The summed E-state index contributed by atoms with van der Waals surface area (Å²) in [5.41, 5.74) is 1.19. The molecule has 1 aromatic carbocycles. The third kappa shape index (κ3) is 6.44. The monoisotopic (exact) mass is 425 g/mol. The highest BCUT2D eigenvalue weighted by Crippen LogP contribution is 2.37. The molecule has 1 aliphatic rings. The van der Waals surface area contributed by atoms with Crippen LogP contribution in [0.3, 0.4) is 0 Å². The predicted molar refractivity (Wildman–Crippen MR) is 105 cm³/mol. The second-order valence-corrected chi connectivity index (χ2v) is 7.03. The first-order valence-corrected chi connectivity index (χ1v) is 9.85. The third-order valence-corrected chi connectivity index (χ3v) is 4.97. The molecule has 2 rings (SSSR count). The Kier molecular flexibility index (Phi) is 9.19. The molecular formula is C19H28BrN3O3. The van der Waals surface area contributed by atoms with E-state index in [9.17, 15) is 0 Å². The lowest BCUT2D eigenvalue weighted by Gasteiger charge is -2.34. The first kappa shape index (κ1) is 21.0. The molecule has 1 aromatic rings. The van der Waals surface area contributed by atoms with E-state index in [0.717, 1.165) is 55.2 Å². The summed E-state index contributed by atoms with van der Waals surface area (Å²) in [6, 6.07) is 6.36. The molecule has 0 aromatic heterocycles. The van der Waals surface area contributed by atoms with Gasteiger partial charge in [0.1, 0.15) is 6.61 Å². The summed E-state index contributed by atoms with van der Waals surface area (Å²) in [6.45, 7) is 9.50. The summed E-state index contributed by atoms with van der Waals surface area (Å²) in [4.78, 5) is 4.78. The quantitative estimate of drug-likeness (QED) is 0.537. The van der Waals surface area contributed by atoms with Gasteiger partial charge in [0.2, 0.25) is 0 Å². The van der Waals surface area contributed by atoms with Gasteiger partial charge < -0.3 is 14.2 Å². The lowest BCUT2D eigenvalue weighted by molar-refractivity contribution is 0.108. The van der Waals surface area contributed by atoms with Crippen LogP contribution in [0.25, 0.3) is 0 Å².